The number of sulfonamides is 4. The Morgan fingerprint density at radius 3 is 1.27 bits per heavy atom. The third-order valence-corrected chi connectivity index (χ3v) is 20.9. The summed E-state index contributed by atoms with van der Waals surface area (Å²) in [6, 6.07) is 31.0. The van der Waals surface area contributed by atoms with Crippen molar-refractivity contribution >= 4 is 108 Å². The fraction of sp³-hybridized carbons (Fsp3) is 0.0909. The van der Waals surface area contributed by atoms with Crippen LogP contribution >= 0.6 is 23.2 Å². The molecule has 106 heavy (non-hydrogen) atoms. The number of hydrogen-bond donors (Lipinski definition) is 4. The molecule has 14 aromatic heterocycles. The van der Waals surface area contributed by atoms with Crippen LogP contribution in [0, 0.1) is 45.3 Å². The Bertz CT molecular complexity index is 6420. The molecule has 4 N–H and O–H groups in total. The molecule has 34 nitrogen and oxygen atoms in total. The molecule has 14 aromatic rings. The lowest BCUT2D eigenvalue weighted by atomic mass is 10.1. The summed E-state index contributed by atoms with van der Waals surface area (Å²) in [5.74, 6) is 0.311. The monoisotopic (exact) mass is 1530 g/mol. The molecule has 1 fully saturated rings. The summed E-state index contributed by atoms with van der Waals surface area (Å²) in [5, 5.41) is 52.5. The number of halogens is 2. The number of anilines is 4. The van der Waals surface area contributed by atoms with Crippen molar-refractivity contribution in [2.45, 2.75) is 27.9 Å². The molecule has 1 aliphatic carbocycles. The van der Waals surface area contributed by atoms with Crippen molar-refractivity contribution < 1.29 is 43.1 Å². The molecule has 15 rings (SSSR count). The summed E-state index contributed by atoms with van der Waals surface area (Å²) in [7, 11) is -11.9. The van der Waals surface area contributed by atoms with Crippen molar-refractivity contribution in [3.63, 3.8) is 0 Å². The molecule has 0 aromatic carbocycles. The highest BCUT2D eigenvalue weighted by atomic mass is 35.5. The van der Waals surface area contributed by atoms with Crippen LogP contribution in [0.1, 0.15) is 35.1 Å². The van der Waals surface area contributed by atoms with E-state index in [4.69, 9.17) is 48.5 Å². The van der Waals surface area contributed by atoms with Crippen LogP contribution in [-0.4, -0.2) is 138 Å². The highest BCUT2D eigenvalue weighted by Crippen LogP contribution is 2.36. The van der Waals surface area contributed by atoms with E-state index in [-0.39, 0.29) is 59.9 Å². The number of aromatic nitrogens is 16. The fourth-order valence-electron chi connectivity index (χ4n) is 9.96. The molecule has 1 saturated carbocycles. The summed E-state index contributed by atoms with van der Waals surface area (Å²) < 4.78 is 124. The Balaban J connectivity index is 0.000000133. The molecule has 0 aliphatic heterocycles. The zero-order valence-corrected chi connectivity index (χ0v) is 59.5. The smallest absolute Gasteiger partial charge is 0.263 e. The highest BCUT2D eigenvalue weighted by Gasteiger charge is 2.36. The number of nitrogens with one attached hydrogen (secondary N) is 4. The maximum atomic E-state index is 12.7. The summed E-state index contributed by atoms with van der Waals surface area (Å²) >= 11 is 12.0. The summed E-state index contributed by atoms with van der Waals surface area (Å²) in [6.45, 7) is 0. The van der Waals surface area contributed by atoms with Gasteiger partial charge in [0.1, 0.15) is 56.6 Å². The van der Waals surface area contributed by atoms with E-state index >= 15 is 0 Å². The van der Waals surface area contributed by atoms with Crippen LogP contribution in [0.25, 0.3) is 67.1 Å². The predicted octanol–water partition coefficient (Wildman–Crippen LogP) is 8.85. The average molecular weight is 1540 g/mol. The zero-order chi connectivity index (χ0) is 75.1. The van der Waals surface area contributed by atoms with Crippen LogP contribution in [0.4, 0.5) is 22.7 Å². The van der Waals surface area contributed by atoms with Gasteiger partial charge in [-0.15, -0.1) is 0 Å². The predicted molar refractivity (Wildman–Crippen MR) is 385 cm³/mol. The third kappa shape index (κ3) is 16.3. The molecule has 0 bridgehead atoms. The number of nitrogens with zero attached hydrogens (tertiary/aromatic N) is 20. The van der Waals surface area contributed by atoms with Gasteiger partial charge in [-0.1, -0.05) is 23.2 Å². The van der Waals surface area contributed by atoms with Gasteiger partial charge in [0.2, 0.25) is 31.8 Å². The second kappa shape index (κ2) is 30.3. The van der Waals surface area contributed by atoms with Crippen LogP contribution in [0.2, 0.25) is 10.3 Å². The largest absolute Gasteiger partial charge is 0.480 e. The van der Waals surface area contributed by atoms with Crippen molar-refractivity contribution in [1.82, 2.24) is 78.3 Å². The molecule has 0 atom stereocenters. The Morgan fingerprint density at radius 2 is 0.830 bits per heavy atom. The Labute approximate surface area is 611 Å². The van der Waals surface area contributed by atoms with Crippen LogP contribution in [0.3, 0.4) is 0 Å². The number of nitriles is 4. The van der Waals surface area contributed by atoms with Gasteiger partial charge in [0.05, 0.1) is 95.4 Å². The van der Waals surface area contributed by atoms with Gasteiger partial charge in [0.25, 0.3) is 20.0 Å². The van der Waals surface area contributed by atoms with Crippen molar-refractivity contribution in [3.05, 3.63) is 217 Å². The molecule has 0 spiro atoms. The molecule has 40 heteroatoms. The number of methoxy groups -OCH3 is 2. The number of pyridine rings is 8. The molecule has 1 aliphatic rings. The van der Waals surface area contributed by atoms with E-state index in [0.717, 1.165) is 17.4 Å². The molecule has 0 unspecified atom stereocenters. The van der Waals surface area contributed by atoms with E-state index in [1.165, 1.54) is 122 Å². The van der Waals surface area contributed by atoms with Gasteiger partial charge >= 0.3 is 0 Å². The van der Waals surface area contributed by atoms with Gasteiger partial charge in [-0.05, 0) is 109 Å². The SMILES string of the molecule is COc1ncc(-c2ccn3ncc(C#N)c3c2)cc1NS(=O)(=O)c1cccnc1.COc1ncc(-c2ccn3ncc(C#N)c3n2)cc1NS(=O)(=O)C1CC1.CS(=O)(=O)Nc1cc(-c2ccn3ncc(C#N)c3c2)cnc1Cl.N#Cc1cnn2ccc(-c3cnc(Cl)c(NS(=O)(=O)c4cccnc4)c3)nc12. The molecule has 0 radical (unpaired) electrons. The molecule has 14 heterocycles. The van der Waals surface area contributed by atoms with Crippen LogP contribution in [0.15, 0.2) is 194 Å². The molecular weight excluding hydrogens is 1490 g/mol. The Morgan fingerprint density at radius 1 is 0.443 bits per heavy atom. The van der Waals surface area contributed by atoms with Gasteiger partial charge in [-0.25, -0.2) is 81.6 Å². The first kappa shape index (κ1) is 72.4. The summed E-state index contributed by atoms with van der Waals surface area (Å²) in [5.41, 5.74) is 9.30. The van der Waals surface area contributed by atoms with Crippen LogP contribution in [-0.2, 0) is 40.1 Å². The number of ether oxygens (including phenoxy) is 2. The second-order valence-electron chi connectivity index (χ2n) is 22.3. The van der Waals surface area contributed by atoms with Crippen molar-refractivity contribution in [2.75, 3.05) is 39.4 Å². The van der Waals surface area contributed by atoms with Crippen LogP contribution < -0.4 is 28.4 Å². The highest BCUT2D eigenvalue weighted by molar-refractivity contribution is 7.93. The molecule has 530 valence electrons. The third-order valence-electron chi connectivity index (χ3n) is 15.2. The number of rotatable bonds is 17. The second-order valence-corrected chi connectivity index (χ2v) is 30.1. The maximum absolute atomic E-state index is 12.7. The van der Waals surface area contributed by atoms with Crippen molar-refractivity contribution in [1.29, 1.82) is 21.0 Å². The van der Waals surface area contributed by atoms with Gasteiger partial charge in [-0.2, -0.15) is 41.4 Å². The summed E-state index contributed by atoms with van der Waals surface area (Å²) in [4.78, 5) is 32.9. The average Bonchev–Trinajstić information content (AvgIpc) is 1.25. The lowest BCUT2D eigenvalue weighted by Crippen LogP contribution is -2.18. The van der Waals surface area contributed by atoms with Crippen LogP contribution in [0.5, 0.6) is 11.8 Å². The normalized spacial score (nSPS) is 12.0. The van der Waals surface area contributed by atoms with E-state index in [1.807, 2.05) is 12.1 Å². The first-order chi connectivity index (χ1) is 50.9. The summed E-state index contributed by atoms with van der Waals surface area (Å²) in [6.07, 6.45) is 26.5. The molecule has 0 amide bonds. The van der Waals surface area contributed by atoms with Crippen molar-refractivity contribution in [2.24, 2.45) is 0 Å². The molecular formula is C66H48Cl2N24O10S4. The first-order valence-electron chi connectivity index (χ1n) is 30.4. The van der Waals surface area contributed by atoms with E-state index in [9.17, 15) is 38.9 Å². The maximum Gasteiger partial charge on any atom is 0.263 e. The lowest BCUT2D eigenvalue weighted by molar-refractivity contribution is 0.400. The Hall–Kier alpha value is -13.3. The van der Waals surface area contributed by atoms with E-state index in [0.29, 0.717) is 91.1 Å². The van der Waals surface area contributed by atoms with E-state index < -0.39 is 40.1 Å². The Kier molecular flexibility index (Phi) is 20.7. The minimum absolute atomic E-state index is 0.00561. The van der Waals surface area contributed by atoms with Gasteiger partial charge in [0.15, 0.2) is 21.6 Å². The lowest BCUT2D eigenvalue weighted by Gasteiger charge is -2.12. The van der Waals surface area contributed by atoms with Gasteiger partial charge in [-0.3, -0.25) is 28.9 Å². The minimum atomic E-state index is -3.89. The fourth-order valence-corrected chi connectivity index (χ4v) is 14.3. The standard InChI is InChI=1S/C19H14N6O3S.C17H10ClN7O2S.C16H14N6O3S.C14H10ClN5O2S/c1-28-19-17(24-29(26,27)16-3-2-5-21-12-16)7-14(10-22-19)13-4-6-25-18(8-13)15(9-20)11-23-25;18-16-15(24-28(26,27)13-2-1-4-20-10-13)6-11(8-21-16)14-3-5-25-17(23-14)12(7-19)9-22-25;1-25-16-14(21-26(23,24)12-2-3-12)6-10(8-18-16)13-4-5-22-15(20-13)11(7-17)9-19-22;1-23(21,22)19-12-4-10(7-17-14(12)15)9-2-3-20-13(5-9)11(6-16)8-18-20/h2-8,10-12,24H,1H3;1-6,8-10,24H;4-6,8-9,12,21H,2-3H2,1H3;2-5,7-8,19H,1H3. The topological polar surface area (TPSA) is 471 Å². The number of fused-ring (bicyclic) bond motifs is 4. The van der Waals surface area contributed by atoms with Crippen molar-refractivity contribution in [3.8, 4) is 80.8 Å². The van der Waals surface area contributed by atoms with Gasteiger partial charge < -0.3 is 9.47 Å². The van der Waals surface area contributed by atoms with Gasteiger partial charge in [0, 0.05) is 96.6 Å². The van der Waals surface area contributed by atoms with E-state index in [2.05, 4.69) is 91.3 Å². The zero-order valence-electron chi connectivity index (χ0n) is 54.7. The molecule has 0 saturated heterocycles. The first-order valence-corrected chi connectivity index (χ1v) is 37.5. The number of hydrogen-bond acceptors (Lipinski definition) is 26. The van der Waals surface area contributed by atoms with E-state index in [1.54, 1.807) is 94.6 Å². The quantitative estimate of drug-likeness (QED) is 0.0618. The minimum Gasteiger partial charge on any atom is -0.480 e.